The van der Waals surface area contributed by atoms with Gasteiger partial charge < -0.3 is 24.8 Å². The molecule has 0 bridgehead atoms. The molecular weight excluding hydrogens is 732 g/mol. The van der Waals surface area contributed by atoms with E-state index in [2.05, 4.69) is 68.4 Å². The lowest BCUT2D eigenvalue weighted by atomic mass is 9.87. The first-order valence-electron chi connectivity index (χ1n) is 18.6. The average molecular weight is 781 g/mol. The highest BCUT2D eigenvalue weighted by Gasteiger charge is 2.22. The molecule has 7 nitrogen and oxygen atoms in total. The van der Waals surface area contributed by atoms with Crippen LogP contribution in [0.2, 0.25) is 5.02 Å². The van der Waals surface area contributed by atoms with Crippen molar-refractivity contribution in [1.82, 2.24) is 9.62 Å². The molecule has 5 aromatic carbocycles. The number of carbonyl (C=O) groups excluding carboxylic acids is 1. The summed E-state index contributed by atoms with van der Waals surface area (Å²) in [5, 5.41) is 13.7. The summed E-state index contributed by atoms with van der Waals surface area (Å²) in [6, 6.07) is 42.3. The number of nitrogens with zero attached hydrogens (tertiary/aromatic N) is 2. The van der Waals surface area contributed by atoms with Gasteiger partial charge in [-0.25, -0.2) is 0 Å². The number of halogens is 1. The summed E-state index contributed by atoms with van der Waals surface area (Å²) in [7, 11) is 2.01. The van der Waals surface area contributed by atoms with Crippen molar-refractivity contribution < 1.29 is 14.5 Å². The van der Waals surface area contributed by atoms with E-state index in [0.717, 1.165) is 67.5 Å². The van der Waals surface area contributed by atoms with E-state index < -0.39 is 11.4 Å². The maximum Gasteiger partial charge on any atom is 0.292 e. The molecule has 3 N–H and O–H groups in total. The molecule has 54 heavy (non-hydrogen) atoms. The second kappa shape index (κ2) is 20.1. The quantitative estimate of drug-likeness (QED) is 0.0642. The number of rotatable bonds is 17. The number of hydrogen-bond donors (Lipinski definition) is 3. The van der Waals surface area contributed by atoms with Gasteiger partial charge in [0, 0.05) is 58.3 Å². The SMILES string of the molecule is CN(CCO)CCC(CSc1ccccc1)Nc1ccc([S+]([O-])NC(=O)c2ccc(N3CCC(Cc4ccccc4-c4ccc(Cl)cc4)CC3)cc2)cc1. The summed E-state index contributed by atoms with van der Waals surface area (Å²) in [5.74, 6) is 1.10. The Bertz CT molecular complexity index is 1890. The minimum Gasteiger partial charge on any atom is -0.588 e. The van der Waals surface area contributed by atoms with Crippen LogP contribution in [0, 0.1) is 5.92 Å². The molecule has 0 radical (unpaired) electrons. The number of carbonyl (C=O) groups is 1. The van der Waals surface area contributed by atoms with Gasteiger partial charge in [-0.2, -0.15) is 4.72 Å². The predicted molar refractivity (Wildman–Crippen MR) is 226 cm³/mol. The average Bonchev–Trinajstić information content (AvgIpc) is 3.20. The van der Waals surface area contributed by atoms with E-state index in [1.165, 1.54) is 21.6 Å². The van der Waals surface area contributed by atoms with Gasteiger partial charge in [-0.1, -0.05) is 66.2 Å². The number of piperidine rings is 1. The van der Waals surface area contributed by atoms with E-state index >= 15 is 0 Å². The van der Waals surface area contributed by atoms with Gasteiger partial charge in [0.15, 0.2) is 4.90 Å². The lowest BCUT2D eigenvalue weighted by molar-refractivity contribution is 0.0981. The van der Waals surface area contributed by atoms with Crippen LogP contribution in [0.4, 0.5) is 11.4 Å². The van der Waals surface area contributed by atoms with E-state index in [-0.39, 0.29) is 18.6 Å². The second-order valence-electron chi connectivity index (χ2n) is 13.9. The van der Waals surface area contributed by atoms with Crippen LogP contribution >= 0.6 is 23.4 Å². The summed E-state index contributed by atoms with van der Waals surface area (Å²) >= 11 is 6.24. The number of hydrogen-bond acceptors (Lipinski definition) is 7. The number of amides is 1. The van der Waals surface area contributed by atoms with Crippen molar-refractivity contribution in [3.63, 3.8) is 0 Å². The molecule has 0 spiro atoms. The molecule has 2 atom stereocenters. The van der Waals surface area contributed by atoms with Gasteiger partial charge in [0.2, 0.25) is 0 Å². The van der Waals surface area contributed by atoms with E-state index in [4.69, 9.17) is 11.6 Å². The van der Waals surface area contributed by atoms with Gasteiger partial charge >= 0.3 is 0 Å². The van der Waals surface area contributed by atoms with Gasteiger partial charge in [0.25, 0.3) is 5.91 Å². The predicted octanol–water partition coefficient (Wildman–Crippen LogP) is 8.81. The van der Waals surface area contributed by atoms with Gasteiger partial charge in [-0.15, -0.1) is 11.8 Å². The van der Waals surface area contributed by atoms with Crippen molar-refractivity contribution in [3.8, 4) is 11.1 Å². The third kappa shape index (κ3) is 11.5. The van der Waals surface area contributed by atoms with Crippen LogP contribution in [-0.4, -0.2) is 72.1 Å². The molecule has 1 aliphatic heterocycles. The zero-order chi connectivity index (χ0) is 37.7. The number of nitrogens with one attached hydrogen (secondary N) is 2. The molecule has 1 saturated heterocycles. The Kier molecular flexibility index (Phi) is 14.8. The molecule has 1 heterocycles. The second-order valence-corrected chi connectivity index (χ2v) is 16.6. The van der Waals surface area contributed by atoms with Crippen LogP contribution in [0.5, 0.6) is 0 Å². The molecule has 1 amide bonds. The van der Waals surface area contributed by atoms with Crippen LogP contribution in [0.25, 0.3) is 11.1 Å². The van der Waals surface area contributed by atoms with E-state index in [1.54, 1.807) is 23.9 Å². The lowest BCUT2D eigenvalue weighted by Gasteiger charge is -2.34. The molecule has 6 rings (SSSR count). The smallest absolute Gasteiger partial charge is 0.292 e. The topological polar surface area (TPSA) is 90.9 Å². The molecule has 0 aromatic heterocycles. The number of benzene rings is 5. The summed E-state index contributed by atoms with van der Waals surface area (Å²) in [4.78, 5) is 19.3. The lowest BCUT2D eigenvalue weighted by Crippen LogP contribution is -2.34. The van der Waals surface area contributed by atoms with Gasteiger partial charge in [-0.3, -0.25) is 4.79 Å². The normalized spacial score (nSPS) is 14.5. The summed E-state index contributed by atoms with van der Waals surface area (Å²) in [6.07, 6.45) is 4.14. The molecule has 10 heteroatoms. The van der Waals surface area contributed by atoms with E-state index in [0.29, 0.717) is 22.9 Å². The van der Waals surface area contributed by atoms with Crippen molar-refractivity contribution >= 4 is 52.0 Å². The third-order valence-electron chi connectivity index (χ3n) is 9.95. The maximum atomic E-state index is 13.2. The number of likely N-dealkylation sites (N-methyl/N-ethyl adjacent to an activating group) is 1. The Labute approximate surface area is 332 Å². The molecule has 0 aliphatic carbocycles. The highest BCUT2D eigenvalue weighted by atomic mass is 35.5. The largest absolute Gasteiger partial charge is 0.588 e. The number of anilines is 2. The first kappa shape index (κ1) is 39.7. The first-order valence-corrected chi connectivity index (χ1v) is 21.1. The summed E-state index contributed by atoms with van der Waals surface area (Å²) in [5.41, 5.74) is 6.33. The molecule has 1 fully saturated rings. The van der Waals surface area contributed by atoms with Gasteiger partial charge in [-0.05, 0) is 135 Å². The Balaban J connectivity index is 0.980. The number of thioether (sulfide) groups is 1. The molecule has 1 aliphatic rings. The minimum absolute atomic E-state index is 0.136. The molecule has 2 unspecified atom stereocenters. The Morgan fingerprint density at radius 1 is 0.907 bits per heavy atom. The summed E-state index contributed by atoms with van der Waals surface area (Å²) < 4.78 is 15.8. The summed E-state index contributed by atoms with van der Waals surface area (Å²) in [6.45, 7) is 3.54. The van der Waals surface area contributed by atoms with Crippen molar-refractivity contribution in [2.24, 2.45) is 5.92 Å². The van der Waals surface area contributed by atoms with Gasteiger partial charge in [0.1, 0.15) is 11.4 Å². The Hall–Kier alpha value is -3.96. The van der Waals surface area contributed by atoms with Crippen molar-refractivity contribution in [3.05, 3.63) is 144 Å². The van der Waals surface area contributed by atoms with Crippen LogP contribution in [0.15, 0.2) is 137 Å². The fraction of sp³-hybridized carbons (Fsp3) is 0.295. The Morgan fingerprint density at radius 2 is 1.59 bits per heavy atom. The monoisotopic (exact) mass is 780 g/mol. The minimum atomic E-state index is -1.70. The van der Waals surface area contributed by atoms with Gasteiger partial charge in [0.05, 0.1) is 6.61 Å². The van der Waals surface area contributed by atoms with Crippen molar-refractivity contribution in [2.45, 2.75) is 41.5 Å². The molecule has 0 saturated carbocycles. The van der Waals surface area contributed by atoms with Crippen LogP contribution in [0.1, 0.15) is 35.2 Å². The number of aliphatic hydroxyl groups excluding tert-OH is 1. The third-order valence-corrected chi connectivity index (χ3v) is 12.4. The van der Waals surface area contributed by atoms with Crippen LogP contribution < -0.4 is 14.9 Å². The van der Waals surface area contributed by atoms with Crippen molar-refractivity contribution in [1.29, 1.82) is 0 Å². The van der Waals surface area contributed by atoms with Crippen molar-refractivity contribution in [2.75, 3.05) is 55.8 Å². The standard InChI is InChI=1S/C44H49ClN4O3S2/c1-48(29-30-50)26-25-39(32-53-41-8-3-2-4-9-41)46-38-17-21-42(22-18-38)54(52)47-44(51)35-13-19-40(20-14-35)49-27-23-33(24-28-49)31-36-7-5-6-10-43(36)34-11-15-37(45)16-12-34/h2-22,33,39,46,50H,23-32H2,1H3,(H,47,51). The highest BCUT2D eigenvalue weighted by molar-refractivity contribution is 7.99. The Morgan fingerprint density at radius 3 is 2.30 bits per heavy atom. The van der Waals surface area contributed by atoms with Crippen LogP contribution in [0.3, 0.4) is 0 Å². The van der Waals surface area contributed by atoms with E-state index in [9.17, 15) is 14.5 Å². The fourth-order valence-electron chi connectivity index (χ4n) is 6.82. The number of aliphatic hydroxyl groups is 1. The van der Waals surface area contributed by atoms with Crippen LogP contribution in [-0.2, 0) is 17.8 Å². The molecule has 5 aromatic rings. The first-order chi connectivity index (χ1) is 26.3. The fourth-order valence-corrected chi connectivity index (χ4v) is 8.73. The molecule has 282 valence electrons. The molecular formula is C44H49ClN4O3S2. The van der Waals surface area contributed by atoms with E-state index in [1.807, 2.05) is 73.8 Å². The zero-order valence-corrected chi connectivity index (χ0v) is 33.1. The highest BCUT2D eigenvalue weighted by Crippen LogP contribution is 2.31. The zero-order valence-electron chi connectivity index (χ0n) is 30.7. The maximum absolute atomic E-state index is 13.2.